The number of amides is 2. The van der Waals surface area contributed by atoms with E-state index in [0.717, 1.165) is 0 Å². The Morgan fingerprint density at radius 2 is 1.12 bits per heavy atom. The van der Waals surface area contributed by atoms with Crippen molar-refractivity contribution >= 4 is 23.8 Å². The normalized spacial score (nSPS) is 15.6. The fourth-order valence-electron chi connectivity index (χ4n) is 4.56. The maximum atomic E-state index is 14.6. The van der Waals surface area contributed by atoms with E-state index in [-0.39, 0.29) is 72.7 Å². The molecule has 17 heteroatoms. The summed E-state index contributed by atoms with van der Waals surface area (Å²) in [6.45, 7) is 11.9. The van der Waals surface area contributed by atoms with E-state index < -0.39 is 41.3 Å². The highest BCUT2D eigenvalue weighted by Crippen LogP contribution is 2.32. The minimum atomic E-state index is -1.70. The highest BCUT2D eigenvalue weighted by molar-refractivity contribution is 5.99. The summed E-state index contributed by atoms with van der Waals surface area (Å²) in [5.74, 6) is 0.0451. The molecule has 2 aliphatic heterocycles. The van der Waals surface area contributed by atoms with Gasteiger partial charge in [0, 0.05) is 0 Å². The zero-order chi connectivity index (χ0) is 38.9. The van der Waals surface area contributed by atoms with Crippen LogP contribution >= 0.6 is 0 Å². The lowest BCUT2D eigenvalue weighted by Crippen LogP contribution is -2.64. The number of aliphatic hydroxyl groups is 1. The van der Waals surface area contributed by atoms with Crippen molar-refractivity contribution in [3.63, 3.8) is 0 Å². The molecule has 2 aliphatic rings. The standard InChI is InChI=1S/C17H23FN2O5.C9H16FNO3.C8H9NO3/c1-11(21)14-12(23-5)6-19-7-13(14)24-10-17(18)8-20(9-17)15(22)25-16(2,3)4;1-8(2,3)14-7(13)11-4-9(10,5-11)6-12;1-5(10)8-6(11)3-9-4-7(8)12-2/h6-7H,8-10H2,1-5H3;12H,4-6H2,1-3H3;3-4,11H,1-2H3. The molecule has 0 unspecified atom stereocenters. The number of ketones is 2. The monoisotopic (exact) mass is 726 g/mol. The van der Waals surface area contributed by atoms with Crippen molar-refractivity contribution in [3.05, 3.63) is 35.9 Å². The SMILES string of the molecule is CC(C)(C)OC(=O)N1CC(F)(CO)C1.COc1cncc(O)c1C(C)=O.COc1cncc(OCC2(F)CN(C(=O)OC(C)(C)C)C2)c1C(C)=O. The summed E-state index contributed by atoms with van der Waals surface area (Å²) in [6, 6.07) is 0. The molecule has 0 atom stereocenters. The summed E-state index contributed by atoms with van der Waals surface area (Å²) in [7, 11) is 2.83. The Balaban J connectivity index is 0.000000292. The van der Waals surface area contributed by atoms with Crippen LogP contribution in [-0.2, 0) is 9.47 Å². The van der Waals surface area contributed by atoms with Gasteiger partial charge in [-0.15, -0.1) is 0 Å². The summed E-state index contributed by atoms with van der Waals surface area (Å²) in [5, 5.41) is 17.9. The quantitative estimate of drug-likeness (QED) is 0.361. The highest BCUT2D eigenvalue weighted by atomic mass is 19.1. The summed E-state index contributed by atoms with van der Waals surface area (Å²) >= 11 is 0. The molecule has 284 valence electrons. The Morgan fingerprint density at radius 3 is 1.49 bits per heavy atom. The predicted molar refractivity (Wildman–Crippen MR) is 179 cm³/mol. The molecule has 15 nitrogen and oxygen atoms in total. The average molecular weight is 727 g/mol. The number of carbonyl (C=O) groups excluding carboxylic acids is 4. The maximum absolute atomic E-state index is 14.6. The number of ether oxygens (including phenoxy) is 5. The zero-order valence-electron chi connectivity index (χ0n) is 30.7. The molecule has 0 aliphatic carbocycles. The molecule has 2 fully saturated rings. The van der Waals surface area contributed by atoms with Gasteiger partial charge in [-0.2, -0.15) is 0 Å². The van der Waals surface area contributed by atoms with Crippen LogP contribution in [0.15, 0.2) is 24.8 Å². The Kier molecular flexibility index (Phi) is 14.1. The van der Waals surface area contributed by atoms with Gasteiger partial charge in [-0.05, 0) is 55.4 Å². The first-order valence-corrected chi connectivity index (χ1v) is 15.8. The van der Waals surface area contributed by atoms with Crippen molar-refractivity contribution < 1.29 is 61.9 Å². The van der Waals surface area contributed by atoms with Gasteiger partial charge in [0.05, 0.1) is 71.8 Å². The van der Waals surface area contributed by atoms with Crippen LogP contribution in [0.4, 0.5) is 18.4 Å². The molecule has 2 N–H and O–H groups in total. The Hall–Kier alpha value is -4.80. The molecule has 0 spiro atoms. The number of Topliss-reactive ketones (excluding diaryl/α,β-unsaturated/α-hetero) is 2. The Labute approximate surface area is 295 Å². The van der Waals surface area contributed by atoms with E-state index in [0.29, 0.717) is 5.75 Å². The average Bonchev–Trinajstić information content (AvgIpc) is 2.99. The zero-order valence-corrected chi connectivity index (χ0v) is 30.7. The van der Waals surface area contributed by atoms with E-state index >= 15 is 0 Å². The fourth-order valence-corrected chi connectivity index (χ4v) is 4.56. The van der Waals surface area contributed by atoms with Gasteiger partial charge < -0.3 is 43.7 Å². The van der Waals surface area contributed by atoms with Crippen molar-refractivity contribution in [2.75, 3.05) is 53.6 Å². The van der Waals surface area contributed by atoms with Gasteiger partial charge in [0.2, 0.25) is 0 Å². The minimum absolute atomic E-state index is 0.0849. The van der Waals surface area contributed by atoms with Crippen LogP contribution in [0.1, 0.15) is 76.1 Å². The van der Waals surface area contributed by atoms with Crippen LogP contribution in [0.2, 0.25) is 0 Å². The number of pyridine rings is 2. The first-order chi connectivity index (χ1) is 23.5. The summed E-state index contributed by atoms with van der Waals surface area (Å²) in [4.78, 5) is 56.0. The predicted octanol–water partition coefficient (Wildman–Crippen LogP) is 4.57. The number of halogens is 2. The summed E-state index contributed by atoms with van der Waals surface area (Å²) < 4.78 is 53.4. The van der Waals surface area contributed by atoms with E-state index in [4.69, 9.17) is 28.8 Å². The number of aromatic hydroxyl groups is 1. The summed E-state index contributed by atoms with van der Waals surface area (Å²) in [6.07, 6.45) is 4.23. The van der Waals surface area contributed by atoms with Gasteiger partial charge in [0.25, 0.3) is 0 Å². The van der Waals surface area contributed by atoms with Crippen LogP contribution in [0.5, 0.6) is 23.0 Å². The molecule has 0 radical (unpaired) electrons. The van der Waals surface area contributed by atoms with E-state index in [1.807, 2.05) is 0 Å². The van der Waals surface area contributed by atoms with Crippen LogP contribution in [0, 0.1) is 0 Å². The molecule has 2 aromatic rings. The maximum Gasteiger partial charge on any atom is 0.410 e. The number of aliphatic hydroxyl groups excluding tert-OH is 1. The lowest BCUT2D eigenvalue weighted by molar-refractivity contribution is -0.0731. The highest BCUT2D eigenvalue weighted by Gasteiger charge is 2.48. The van der Waals surface area contributed by atoms with Gasteiger partial charge in [-0.25, -0.2) is 18.4 Å². The molecular weight excluding hydrogens is 678 g/mol. The number of nitrogens with zero attached hydrogens (tertiary/aromatic N) is 4. The third-order valence-corrected chi connectivity index (χ3v) is 6.88. The molecule has 4 heterocycles. The van der Waals surface area contributed by atoms with Crippen LogP contribution in [0.3, 0.4) is 0 Å². The van der Waals surface area contributed by atoms with E-state index in [2.05, 4.69) is 9.97 Å². The molecule has 0 saturated carbocycles. The molecule has 0 bridgehead atoms. The second-order valence-electron chi connectivity index (χ2n) is 14.0. The molecule has 2 amide bonds. The second kappa shape index (κ2) is 16.9. The van der Waals surface area contributed by atoms with E-state index in [9.17, 15) is 33.1 Å². The van der Waals surface area contributed by atoms with Gasteiger partial charge in [0.1, 0.15) is 34.7 Å². The minimum Gasteiger partial charge on any atom is -0.505 e. The van der Waals surface area contributed by atoms with Crippen LogP contribution < -0.4 is 14.2 Å². The number of hydrogen-bond donors (Lipinski definition) is 2. The number of likely N-dealkylation sites (tertiary alicyclic amines) is 2. The molecule has 2 aromatic heterocycles. The molecule has 4 rings (SSSR count). The Bertz CT molecular complexity index is 1550. The number of hydrogen-bond acceptors (Lipinski definition) is 13. The molecule has 0 aromatic carbocycles. The molecule has 51 heavy (non-hydrogen) atoms. The first kappa shape index (κ1) is 42.4. The number of rotatable bonds is 8. The van der Waals surface area contributed by atoms with Crippen molar-refractivity contribution in [2.45, 2.75) is 77.9 Å². The fraction of sp³-hybridized carbons (Fsp3) is 0.588. The van der Waals surface area contributed by atoms with Gasteiger partial charge in [-0.3, -0.25) is 19.6 Å². The number of alkyl halides is 2. The van der Waals surface area contributed by atoms with Crippen molar-refractivity contribution in [3.8, 4) is 23.0 Å². The molecular formula is C34H48F2N4O11. The Morgan fingerprint density at radius 1 is 0.725 bits per heavy atom. The van der Waals surface area contributed by atoms with Crippen molar-refractivity contribution in [1.29, 1.82) is 0 Å². The van der Waals surface area contributed by atoms with Gasteiger partial charge in [-0.1, -0.05) is 0 Å². The topological polar surface area (TPSA) is 187 Å². The van der Waals surface area contributed by atoms with Gasteiger partial charge in [0.15, 0.2) is 40.2 Å². The van der Waals surface area contributed by atoms with Crippen molar-refractivity contribution in [1.82, 2.24) is 19.8 Å². The molecule has 2 saturated heterocycles. The van der Waals surface area contributed by atoms with Crippen LogP contribution in [0.25, 0.3) is 0 Å². The smallest absolute Gasteiger partial charge is 0.410 e. The van der Waals surface area contributed by atoms with E-state index in [1.165, 1.54) is 62.7 Å². The third-order valence-electron chi connectivity index (χ3n) is 6.88. The number of methoxy groups -OCH3 is 2. The van der Waals surface area contributed by atoms with Crippen molar-refractivity contribution in [2.24, 2.45) is 0 Å². The number of carbonyl (C=O) groups is 4. The second-order valence-corrected chi connectivity index (χ2v) is 14.0. The summed E-state index contributed by atoms with van der Waals surface area (Å²) in [5.41, 5.74) is -4.14. The lowest BCUT2D eigenvalue weighted by Gasteiger charge is -2.43. The van der Waals surface area contributed by atoms with Gasteiger partial charge >= 0.3 is 12.2 Å². The third kappa shape index (κ3) is 12.5. The largest absolute Gasteiger partial charge is 0.505 e. The lowest BCUT2D eigenvalue weighted by atomic mass is 9.98. The van der Waals surface area contributed by atoms with Crippen LogP contribution in [-0.4, -0.2) is 130 Å². The first-order valence-electron chi connectivity index (χ1n) is 15.8. The van der Waals surface area contributed by atoms with E-state index in [1.54, 1.807) is 41.5 Å². The number of aromatic nitrogens is 2.